The Bertz CT molecular complexity index is 843. The van der Waals surface area contributed by atoms with Gasteiger partial charge in [-0.2, -0.15) is 4.31 Å². The molecule has 0 saturated carbocycles. The van der Waals surface area contributed by atoms with E-state index in [0.717, 1.165) is 30.6 Å². The van der Waals surface area contributed by atoms with Crippen LogP contribution in [-0.4, -0.2) is 42.7 Å². The van der Waals surface area contributed by atoms with E-state index >= 15 is 0 Å². The van der Waals surface area contributed by atoms with E-state index in [1.807, 2.05) is 0 Å². The number of sulfonamides is 1. The molecule has 1 aliphatic heterocycles. The number of oxazole rings is 1. The van der Waals surface area contributed by atoms with Gasteiger partial charge in [0.25, 0.3) is 10.0 Å². The second-order valence-electron chi connectivity index (χ2n) is 5.75. The van der Waals surface area contributed by atoms with Crippen LogP contribution in [-0.2, 0) is 14.8 Å². The third-order valence-electron chi connectivity index (χ3n) is 4.02. The van der Waals surface area contributed by atoms with Crippen LogP contribution in [0.2, 0.25) is 0 Å². The Morgan fingerprint density at radius 2 is 2.28 bits per heavy atom. The molecule has 0 spiro atoms. The van der Waals surface area contributed by atoms with Crippen LogP contribution in [0.3, 0.4) is 0 Å². The Hall–Kier alpha value is -1.97. The van der Waals surface area contributed by atoms with Crippen molar-refractivity contribution in [3.05, 3.63) is 37.4 Å². The monoisotopic (exact) mass is 381 g/mol. The van der Waals surface area contributed by atoms with Gasteiger partial charge in [0.2, 0.25) is 5.91 Å². The third kappa shape index (κ3) is 4.00. The number of amides is 1. The second kappa shape index (κ2) is 7.51. The average molecular weight is 381 g/mol. The highest BCUT2D eigenvalue weighted by molar-refractivity contribution is 7.91. The summed E-state index contributed by atoms with van der Waals surface area (Å²) in [6.07, 6.45) is 6.44. The lowest BCUT2D eigenvalue weighted by atomic mass is 10.1. The quantitative estimate of drug-likeness (QED) is 0.802. The highest BCUT2D eigenvalue weighted by atomic mass is 32.2. The standard InChI is InChI=1S/C16H19N3O4S2/c1-2-15(20)18-12-5-3-4-8-19(10-12)25(21,22)16-7-6-14(24-16)13-9-17-11-23-13/h2,6-7,9,11-12H,1,3-5,8,10H2,(H,18,20). The van der Waals surface area contributed by atoms with Crippen molar-refractivity contribution in [2.75, 3.05) is 13.1 Å². The van der Waals surface area contributed by atoms with Crippen molar-refractivity contribution in [3.63, 3.8) is 0 Å². The van der Waals surface area contributed by atoms with E-state index in [1.54, 1.807) is 18.3 Å². The average Bonchev–Trinajstić information content (AvgIpc) is 3.23. The summed E-state index contributed by atoms with van der Waals surface area (Å²) in [5.41, 5.74) is 0. The molecule has 7 nitrogen and oxygen atoms in total. The fourth-order valence-corrected chi connectivity index (χ4v) is 5.70. The van der Waals surface area contributed by atoms with Gasteiger partial charge in [-0.3, -0.25) is 4.79 Å². The van der Waals surface area contributed by atoms with Gasteiger partial charge >= 0.3 is 0 Å². The lowest BCUT2D eigenvalue weighted by Gasteiger charge is -2.23. The summed E-state index contributed by atoms with van der Waals surface area (Å²) in [6, 6.07) is 3.09. The Morgan fingerprint density at radius 1 is 1.44 bits per heavy atom. The van der Waals surface area contributed by atoms with Crippen molar-refractivity contribution in [1.82, 2.24) is 14.6 Å². The van der Waals surface area contributed by atoms with Crippen LogP contribution in [0.15, 0.2) is 46.0 Å². The van der Waals surface area contributed by atoms with E-state index in [9.17, 15) is 13.2 Å². The first kappa shape index (κ1) is 17.8. The minimum Gasteiger partial charge on any atom is -0.443 e. The molecule has 3 rings (SSSR count). The molecule has 0 aliphatic carbocycles. The molecule has 9 heteroatoms. The summed E-state index contributed by atoms with van der Waals surface area (Å²) >= 11 is 1.15. The molecule has 2 aromatic heterocycles. The highest BCUT2D eigenvalue weighted by Crippen LogP contribution is 2.32. The lowest BCUT2D eigenvalue weighted by molar-refractivity contribution is -0.117. The Kier molecular flexibility index (Phi) is 5.36. The molecule has 0 bridgehead atoms. The first-order valence-electron chi connectivity index (χ1n) is 7.92. The zero-order valence-electron chi connectivity index (χ0n) is 13.6. The second-order valence-corrected chi connectivity index (χ2v) is 9.00. The summed E-state index contributed by atoms with van der Waals surface area (Å²) in [5, 5.41) is 2.81. The number of nitrogens with zero attached hydrogens (tertiary/aromatic N) is 2. The van der Waals surface area contributed by atoms with Gasteiger partial charge in [0.15, 0.2) is 12.2 Å². The van der Waals surface area contributed by atoms with Crippen molar-refractivity contribution >= 4 is 27.3 Å². The van der Waals surface area contributed by atoms with Crippen LogP contribution >= 0.6 is 11.3 Å². The number of aromatic nitrogens is 1. The molecule has 0 aromatic carbocycles. The number of nitrogens with one attached hydrogen (secondary N) is 1. The van der Waals surface area contributed by atoms with Crippen LogP contribution in [0.5, 0.6) is 0 Å². The summed E-state index contributed by atoms with van der Waals surface area (Å²) < 4.78 is 32.9. The van der Waals surface area contributed by atoms with Crippen molar-refractivity contribution in [1.29, 1.82) is 0 Å². The largest absolute Gasteiger partial charge is 0.443 e. The molecule has 3 heterocycles. The molecule has 1 aliphatic rings. The Labute approximate surface area is 150 Å². The van der Waals surface area contributed by atoms with E-state index in [-0.39, 0.29) is 22.7 Å². The zero-order valence-corrected chi connectivity index (χ0v) is 15.2. The maximum Gasteiger partial charge on any atom is 0.252 e. The van der Waals surface area contributed by atoms with Gasteiger partial charge in [-0.05, 0) is 31.1 Å². The first-order chi connectivity index (χ1) is 12.0. The van der Waals surface area contributed by atoms with E-state index < -0.39 is 10.0 Å². The van der Waals surface area contributed by atoms with E-state index in [1.165, 1.54) is 16.8 Å². The van der Waals surface area contributed by atoms with Gasteiger partial charge in [-0.25, -0.2) is 13.4 Å². The van der Waals surface area contributed by atoms with E-state index in [4.69, 9.17) is 4.42 Å². The lowest BCUT2D eigenvalue weighted by Crippen LogP contribution is -2.44. The van der Waals surface area contributed by atoms with Crippen LogP contribution in [0, 0.1) is 0 Å². The molecule has 1 saturated heterocycles. The van der Waals surface area contributed by atoms with Crippen molar-refractivity contribution < 1.29 is 17.6 Å². The SMILES string of the molecule is C=CC(=O)NC1CCCCN(S(=O)(=O)c2ccc(-c3cnco3)s2)C1. The minimum atomic E-state index is -3.62. The molecule has 1 N–H and O–H groups in total. The maximum absolute atomic E-state index is 13.0. The molecular weight excluding hydrogens is 362 g/mol. The molecule has 1 amide bonds. The number of carbonyl (C=O) groups is 1. The summed E-state index contributed by atoms with van der Waals surface area (Å²) in [6.45, 7) is 4.14. The number of rotatable bonds is 5. The molecule has 2 aromatic rings. The molecule has 134 valence electrons. The Balaban J connectivity index is 1.80. The summed E-state index contributed by atoms with van der Waals surface area (Å²) in [5.74, 6) is 0.256. The highest BCUT2D eigenvalue weighted by Gasteiger charge is 2.30. The van der Waals surface area contributed by atoms with Crippen molar-refractivity contribution in [3.8, 4) is 10.6 Å². The van der Waals surface area contributed by atoms with Crippen molar-refractivity contribution in [2.45, 2.75) is 29.5 Å². The number of carbonyl (C=O) groups excluding carboxylic acids is 1. The van der Waals surface area contributed by atoms with Gasteiger partial charge in [-0.1, -0.05) is 13.0 Å². The Morgan fingerprint density at radius 3 is 3.00 bits per heavy atom. The van der Waals surface area contributed by atoms with Crippen LogP contribution in [0.25, 0.3) is 10.6 Å². The van der Waals surface area contributed by atoms with Crippen LogP contribution in [0.1, 0.15) is 19.3 Å². The van der Waals surface area contributed by atoms with Gasteiger partial charge in [-0.15, -0.1) is 11.3 Å². The molecule has 1 fully saturated rings. The fraction of sp³-hybridized carbons (Fsp3) is 0.375. The smallest absolute Gasteiger partial charge is 0.252 e. The molecule has 1 atom stereocenters. The number of hydrogen-bond acceptors (Lipinski definition) is 6. The predicted octanol–water partition coefficient (Wildman–Crippen LogP) is 2.25. The third-order valence-corrected chi connectivity index (χ3v) is 7.45. The zero-order chi connectivity index (χ0) is 17.9. The van der Waals surface area contributed by atoms with Crippen LogP contribution < -0.4 is 5.32 Å². The molecule has 0 radical (unpaired) electrons. The van der Waals surface area contributed by atoms with Gasteiger partial charge < -0.3 is 9.73 Å². The summed E-state index contributed by atoms with van der Waals surface area (Å²) in [7, 11) is -3.62. The van der Waals surface area contributed by atoms with Gasteiger partial charge in [0.05, 0.1) is 11.1 Å². The number of thiophene rings is 1. The predicted molar refractivity (Wildman–Crippen MR) is 94.6 cm³/mol. The maximum atomic E-state index is 13.0. The normalized spacial score (nSPS) is 19.3. The van der Waals surface area contributed by atoms with Crippen molar-refractivity contribution in [2.24, 2.45) is 0 Å². The van der Waals surface area contributed by atoms with E-state index in [2.05, 4.69) is 16.9 Å². The van der Waals surface area contributed by atoms with E-state index in [0.29, 0.717) is 17.2 Å². The minimum absolute atomic E-state index is 0.212. The molecule has 25 heavy (non-hydrogen) atoms. The van der Waals surface area contributed by atoms with Gasteiger partial charge in [0.1, 0.15) is 4.21 Å². The topological polar surface area (TPSA) is 92.5 Å². The van der Waals surface area contributed by atoms with Gasteiger partial charge in [0, 0.05) is 19.1 Å². The number of hydrogen-bond donors (Lipinski definition) is 1. The fourth-order valence-electron chi connectivity index (χ4n) is 2.76. The van der Waals surface area contributed by atoms with Crippen LogP contribution in [0.4, 0.5) is 0 Å². The summed E-state index contributed by atoms with van der Waals surface area (Å²) in [4.78, 5) is 16.1. The first-order valence-corrected chi connectivity index (χ1v) is 10.2. The molecular formula is C16H19N3O4S2. The molecule has 1 unspecified atom stereocenters.